The Bertz CT molecular complexity index is 1290. The summed E-state index contributed by atoms with van der Waals surface area (Å²) in [6.07, 6.45) is -17.0. The zero-order valence-electron chi connectivity index (χ0n) is 19.0. The van der Waals surface area contributed by atoms with Crippen molar-refractivity contribution in [3.05, 3.63) is 105 Å². The summed E-state index contributed by atoms with van der Waals surface area (Å²) < 4.78 is 133. The van der Waals surface area contributed by atoms with Crippen LogP contribution >= 0.6 is 34.8 Å². The molecular formula is C27H12Cl3F9. The first kappa shape index (κ1) is 29.1. The lowest BCUT2D eigenvalue weighted by molar-refractivity contribution is -0.146. The fraction of sp³-hybridized carbons (Fsp3) is 0.111. The molecule has 0 aliphatic heterocycles. The van der Waals surface area contributed by atoms with Crippen LogP contribution in [0.25, 0.3) is 33.4 Å². The molecule has 0 heterocycles. The second-order valence-corrected chi connectivity index (χ2v) is 9.57. The Hall–Kier alpha value is -2.88. The van der Waals surface area contributed by atoms with E-state index in [2.05, 4.69) is 0 Å². The van der Waals surface area contributed by atoms with E-state index in [-0.39, 0.29) is 15.1 Å². The van der Waals surface area contributed by atoms with Gasteiger partial charge in [-0.15, -0.1) is 0 Å². The number of alkyl halides is 9. The number of hydrogen-bond donors (Lipinski definition) is 0. The minimum atomic E-state index is -5.66. The molecule has 4 aromatic carbocycles. The van der Waals surface area contributed by atoms with Gasteiger partial charge in [0.15, 0.2) is 0 Å². The Morgan fingerprint density at radius 2 is 0.513 bits per heavy atom. The van der Waals surface area contributed by atoms with E-state index in [4.69, 9.17) is 34.8 Å². The van der Waals surface area contributed by atoms with Crippen molar-refractivity contribution in [1.29, 1.82) is 0 Å². The van der Waals surface area contributed by atoms with Crippen LogP contribution in [0.15, 0.2) is 72.8 Å². The Morgan fingerprint density at radius 3 is 0.667 bits per heavy atom. The molecule has 0 saturated carbocycles. The largest absolute Gasteiger partial charge is 0.417 e. The van der Waals surface area contributed by atoms with Crippen LogP contribution in [0.4, 0.5) is 39.5 Å². The van der Waals surface area contributed by atoms with Gasteiger partial charge in [0.25, 0.3) is 0 Å². The third-order valence-electron chi connectivity index (χ3n) is 5.75. The summed E-state index contributed by atoms with van der Waals surface area (Å²) in [5, 5.41) is -0.0316. The number of rotatable bonds is 3. The molecule has 39 heavy (non-hydrogen) atoms. The highest BCUT2D eigenvalue weighted by molar-refractivity contribution is 6.31. The average molecular weight is 614 g/mol. The average Bonchev–Trinajstić information content (AvgIpc) is 2.82. The zero-order valence-corrected chi connectivity index (χ0v) is 21.2. The summed E-state index contributed by atoms with van der Waals surface area (Å²) in [4.78, 5) is 0. The predicted octanol–water partition coefficient (Wildman–Crippen LogP) is 11.7. The molecule has 0 atom stereocenters. The molecule has 0 saturated heterocycles. The minimum Gasteiger partial charge on any atom is -0.166 e. The highest BCUT2D eigenvalue weighted by Crippen LogP contribution is 2.57. The molecule has 0 aliphatic rings. The van der Waals surface area contributed by atoms with Gasteiger partial charge in [-0.05, 0) is 53.1 Å². The van der Waals surface area contributed by atoms with Gasteiger partial charge in [0, 0.05) is 31.8 Å². The third kappa shape index (κ3) is 5.85. The molecule has 0 radical (unpaired) electrons. The van der Waals surface area contributed by atoms with Crippen LogP contribution in [-0.2, 0) is 18.5 Å². The summed E-state index contributed by atoms with van der Waals surface area (Å²) in [5.41, 5.74) is -12.7. The molecule has 0 unspecified atom stereocenters. The molecular weight excluding hydrogens is 602 g/mol. The van der Waals surface area contributed by atoms with Gasteiger partial charge in [-0.2, -0.15) is 39.5 Å². The smallest absolute Gasteiger partial charge is 0.166 e. The van der Waals surface area contributed by atoms with E-state index in [1.807, 2.05) is 0 Å². The van der Waals surface area contributed by atoms with Gasteiger partial charge in [-0.3, -0.25) is 0 Å². The highest BCUT2D eigenvalue weighted by Gasteiger charge is 2.51. The van der Waals surface area contributed by atoms with Gasteiger partial charge in [0.2, 0.25) is 0 Å². The van der Waals surface area contributed by atoms with Crippen molar-refractivity contribution >= 4 is 34.8 Å². The van der Waals surface area contributed by atoms with Crippen LogP contribution in [0.5, 0.6) is 0 Å². The summed E-state index contributed by atoms with van der Waals surface area (Å²) in [5.74, 6) is 0. The summed E-state index contributed by atoms with van der Waals surface area (Å²) in [7, 11) is 0. The topological polar surface area (TPSA) is 0 Å². The molecule has 0 aromatic heterocycles. The Morgan fingerprint density at radius 1 is 0.333 bits per heavy atom. The Balaban J connectivity index is 2.42. The molecule has 0 bridgehead atoms. The molecule has 0 amide bonds. The maximum Gasteiger partial charge on any atom is 0.417 e. The van der Waals surface area contributed by atoms with Crippen molar-refractivity contribution in [3.8, 4) is 33.4 Å². The van der Waals surface area contributed by atoms with Crippen LogP contribution in [0.1, 0.15) is 16.7 Å². The van der Waals surface area contributed by atoms with Gasteiger partial charge >= 0.3 is 18.5 Å². The molecule has 0 aliphatic carbocycles. The number of halogens is 12. The first-order chi connectivity index (χ1) is 18.0. The first-order valence-corrected chi connectivity index (χ1v) is 11.9. The Labute approximate surface area is 230 Å². The number of hydrogen-bond acceptors (Lipinski definition) is 0. The fourth-order valence-corrected chi connectivity index (χ4v) is 4.69. The van der Waals surface area contributed by atoms with Gasteiger partial charge in [-0.25, -0.2) is 0 Å². The minimum absolute atomic E-state index is 0.0105. The van der Waals surface area contributed by atoms with E-state index in [0.29, 0.717) is 0 Å². The lowest BCUT2D eigenvalue weighted by atomic mass is 9.78. The van der Waals surface area contributed by atoms with E-state index in [1.165, 1.54) is 0 Å². The zero-order chi connectivity index (χ0) is 28.9. The summed E-state index contributed by atoms with van der Waals surface area (Å²) in [6.45, 7) is 0. The van der Waals surface area contributed by atoms with Crippen LogP contribution in [0, 0.1) is 0 Å². The monoisotopic (exact) mass is 612 g/mol. The van der Waals surface area contributed by atoms with E-state index >= 15 is 0 Å². The molecule has 0 N–H and O–H groups in total. The van der Waals surface area contributed by atoms with E-state index in [9.17, 15) is 39.5 Å². The summed E-state index contributed by atoms with van der Waals surface area (Å²) in [6, 6.07) is 11.5. The maximum atomic E-state index is 14.8. The predicted molar refractivity (Wildman–Crippen MR) is 133 cm³/mol. The van der Waals surface area contributed by atoms with Crippen molar-refractivity contribution in [2.75, 3.05) is 0 Å². The maximum absolute atomic E-state index is 14.8. The summed E-state index contributed by atoms with van der Waals surface area (Å²) >= 11 is 17.4. The molecule has 0 fully saturated rings. The molecule has 4 rings (SSSR count). The lowest BCUT2D eigenvalue weighted by Crippen LogP contribution is -2.23. The molecule has 4 aromatic rings. The van der Waals surface area contributed by atoms with Crippen molar-refractivity contribution in [1.82, 2.24) is 0 Å². The third-order valence-corrected chi connectivity index (χ3v) is 6.51. The van der Waals surface area contributed by atoms with Gasteiger partial charge in [0.1, 0.15) is 0 Å². The van der Waals surface area contributed by atoms with Crippen LogP contribution in [-0.4, -0.2) is 0 Å². The first-order valence-electron chi connectivity index (χ1n) is 10.7. The molecule has 12 heteroatoms. The highest BCUT2D eigenvalue weighted by atomic mass is 35.5. The quantitative estimate of drug-likeness (QED) is 0.202. The Kier molecular flexibility index (Phi) is 7.66. The normalized spacial score (nSPS) is 12.6. The molecule has 0 nitrogen and oxygen atoms in total. The van der Waals surface area contributed by atoms with Crippen molar-refractivity contribution in [2.24, 2.45) is 0 Å². The van der Waals surface area contributed by atoms with Crippen molar-refractivity contribution in [2.45, 2.75) is 18.5 Å². The van der Waals surface area contributed by atoms with Crippen LogP contribution in [0.3, 0.4) is 0 Å². The van der Waals surface area contributed by atoms with Gasteiger partial charge in [-0.1, -0.05) is 71.2 Å². The lowest BCUT2D eigenvalue weighted by Gasteiger charge is -2.30. The number of benzene rings is 4. The second kappa shape index (κ2) is 10.3. The van der Waals surface area contributed by atoms with Crippen LogP contribution < -0.4 is 0 Å². The van der Waals surface area contributed by atoms with E-state index < -0.39 is 68.6 Å². The van der Waals surface area contributed by atoms with Gasteiger partial charge < -0.3 is 0 Å². The molecule has 204 valence electrons. The van der Waals surface area contributed by atoms with Crippen molar-refractivity contribution < 1.29 is 39.5 Å². The van der Waals surface area contributed by atoms with Crippen molar-refractivity contribution in [3.63, 3.8) is 0 Å². The van der Waals surface area contributed by atoms with Crippen LogP contribution in [0.2, 0.25) is 15.1 Å². The molecule has 0 spiro atoms. The standard InChI is InChI=1S/C27H12Cl3F9/c28-16-7-1-13(2-8-16)19-22(25(31,32)33)20(14-3-9-17(29)10-4-14)24(27(37,38)39)21(23(19)26(34,35)36)15-5-11-18(30)12-6-15/h1-12H. The SMILES string of the molecule is FC(F)(F)c1c(-c2ccc(Cl)cc2)c(C(F)(F)F)c(-c2ccc(Cl)cc2)c(C(F)(F)F)c1-c1ccc(Cl)cc1. The fourth-order valence-electron chi connectivity index (χ4n) is 4.32. The van der Waals surface area contributed by atoms with Gasteiger partial charge in [0.05, 0.1) is 16.7 Å². The van der Waals surface area contributed by atoms with E-state index in [0.717, 1.165) is 72.8 Å². The van der Waals surface area contributed by atoms with E-state index in [1.54, 1.807) is 0 Å². The second-order valence-electron chi connectivity index (χ2n) is 8.26.